The fourth-order valence-electron chi connectivity index (χ4n) is 4.26. The highest BCUT2D eigenvalue weighted by Crippen LogP contribution is 2.37. The summed E-state index contributed by atoms with van der Waals surface area (Å²) in [7, 11) is 1.49. The molecule has 4 rings (SSSR count). The molecule has 0 spiro atoms. The van der Waals surface area contributed by atoms with Crippen molar-refractivity contribution in [1.29, 1.82) is 0 Å². The van der Waals surface area contributed by atoms with Gasteiger partial charge >= 0.3 is 6.18 Å². The average Bonchev–Trinajstić information content (AvgIpc) is 3.27. The van der Waals surface area contributed by atoms with Crippen LogP contribution >= 0.6 is 0 Å². The molecule has 1 atom stereocenters. The molecule has 1 fully saturated rings. The number of nitrogens with zero attached hydrogens (tertiary/aromatic N) is 5. The second-order valence-corrected chi connectivity index (χ2v) is 8.44. The van der Waals surface area contributed by atoms with Crippen LogP contribution in [0.25, 0.3) is 27.1 Å². The van der Waals surface area contributed by atoms with E-state index in [-0.39, 0.29) is 52.8 Å². The number of ether oxygens (including phenoxy) is 1. The summed E-state index contributed by atoms with van der Waals surface area (Å²) in [6.45, 7) is 10.8. The Morgan fingerprint density at radius 1 is 1.34 bits per heavy atom. The number of rotatable bonds is 6. The smallest absolute Gasteiger partial charge is 0.375 e. The average molecular weight is 487 g/mol. The number of alkyl halides is 3. The Hall–Kier alpha value is -3.72. The molecule has 0 bridgehead atoms. The van der Waals surface area contributed by atoms with Crippen LogP contribution in [-0.2, 0) is 15.7 Å². The van der Waals surface area contributed by atoms with Gasteiger partial charge in [0.2, 0.25) is 17.5 Å². The summed E-state index contributed by atoms with van der Waals surface area (Å²) >= 11 is 0. The molecule has 4 heterocycles. The van der Waals surface area contributed by atoms with Gasteiger partial charge in [0.15, 0.2) is 0 Å². The Bertz CT molecular complexity index is 1260. The Labute approximate surface area is 199 Å². The summed E-state index contributed by atoms with van der Waals surface area (Å²) in [4.78, 5) is 32.7. The van der Waals surface area contributed by atoms with Crippen molar-refractivity contribution >= 4 is 28.6 Å². The molecule has 0 aromatic carbocycles. The first kappa shape index (κ1) is 24.4. The van der Waals surface area contributed by atoms with E-state index < -0.39 is 11.7 Å². The number of piperidine rings is 1. The lowest BCUT2D eigenvalue weighted by atomic mass is 9.90. The van der Waals surface area contributed by atoms with E-state index >= 15 is 0 Å². The zero-order valence-electron chi connectivity index (χ0n) is 19.2. The number of aromatic amines is 1. The number of pyridine rings is 1. The minimum Gasteiger partial charge on any atom is -0.375 e. The van der Waals surface area contributed by atoms with E-state index in [2.05, 4.69) is 30.1 Å². The van der Waals surface area contributed by atoms with Crippen LogP contribution in [0.5, 0.6) is 0 Å². The van der Waals surface area contributed by atoms with Crippen molar-refractivity contribution in [2.45, 2.75) is 32.0 Å². The molecule has 0 saturated carbocycles. The molecule has 0 radical (unpaired) electrons. The predicted octanol–water partition coefficient (Wildman–Crippen LogP) is 4.27. The Balaban J connectivity index is 1.55. The van der Waals surface area contributed by atoms with E-state index in [4.69, 9.17) is 11.3 Å². The summed E-state index contributed by atoms with van der Waals surface area (Å²) in [5.41, 5.74) is 0.0583. The van der Waals surface area contributed by atoms with Crippen LogP contribution in [0.15, 0.2) is 24.7 Å². The third-order valence-electron chi connectivity index (χ3n) is 6.23. The molecule has 9 nitrogen and oxygen atoms in total. The molecule has 1 saturated heterocycles. The lowest BCUT2D eigenvalue weighted by molar-refractivity contribution is -0.138. The van der Waals surface area contributed by atoms with Gasteiger partial charge in [0.05, 0.1) is 17.8 Å². The van der Waals surface area contributed by atoms with Gasteiger partial charge in [-0.05, 0) is 31.7 Å². The molecule has 35 heavy (non-hydrogen) atoms. The quantitative estimate of drug-likeness (QED) is 0.504. The Morgan fingerprint density at radius 2 is 2.09 bits per heavy atom. The number of fused-ring (bicyclic) bond motifs is 1. The molecular formula is C23H24F3N7O2. The molecular weight excluding hydrogens is 463 g/mol. The van der Waals surface area contributed by atoms with Gasteiger partial charge in [-0.3, -0.25) is 4.79 Å². The zero-order chi connectivity index (χ0) is 25.2. The lowest BCUT2D eigenvalue weighted by Crippen LogP contribution is -2.43. The van der Waals surface area contributed by atoms with Crippen molar-refractivity contribution in [3.05, 3.63) is 41.6 Å². The van der Waals surface area contributed by atoms with Gasteiger partial charge in [0.25, 0.3) is 0 Å². The number of halogens is 3. The molecule has 2 N–H and O–H groups in total. The minimum absolute atomic E-state index is 0.0252. The van der Waals surface area contributed by atoms with Gasteiger partial charge in [0.1, 0.15) is 12.3 Å². The summed E-state index contributed by atoms with van der Waals surface area (Å²) in [6, 6.07) is 0.973. The highest BCUT2D eigenvalue weighted by atomic mass is 19.4. The molecule has 0 aliphatic carbocycles. The highest BCUT2D eigenvalue weighted by Gasteiger charge is 2.32. The van der Waals surface area contributed by atoms with Crippen LogP contribution in [0.2, 0.25) is 0 Å². The molecule has 12 heteroatoms. The van der Waals surface area contributed by atoms with Crippen LogP contribution in [-0.4, -0.2) is 63.6 Å². The first-order valence-corrected chi connectivity index (χ1v) is 11.0. The van der Waals surface area contributed by atoms with Crippen LogP contribution in [0.1, 0.15) is 25.3 Å². The Kier molecular flexibility index (Phi) is 6.88. The molecule has 1 aliphatic heterocycles. The number of hydrogen-bond donors (Lipinski definition) is 2. The number of amides is 1. The summed E-state index contributed by atoms with van der Waals surface area (Å²) in [5.74, 6) is 0.504. The zero-order valence-corrected chi connectivity index (χ0v) is 19.2. The highest BCUT2D eigenvalue weighted by molar-refractivity contribution is 5.96. The normalized spacial score (nSPS) is 15.7. The number of carbonyl (C=O) groups is 1. The fraction of sp³-hybridized carbons (Fsp3) is 0.435. The van der Waals surface area contributed by atoms with Gasteiger partial charge in [-0.2, -0.15) is 13.2 Å². The van der Waals surface area contributed by atoms with Crippen LogP contribution in [0.3, 0.4) is 0 Å². The molecule has 3 aromatic rings. The van der Waals surface area contributed by atoms with Crippen molar-refractivity contribution in [3.8, 4) is 11.3 Å². The third-order valence-corrected chi connectivity index (χ3v) is 6.23. The maximum atomic E-state index is 13.2. The van der Waals surface area contributed by atoms with Gasteiger partial charge < -0.3 is 19.9 Å². The van der Waals surface area contributed by atoms with Crippen molar-refractivity contribution < 1.29 is 22.7 Å². The first-order chi connectivity index (χ1) is 16.7. The minimum atomic E-state index is -4.55. The van der Waals surface area contributed by atoms with Crippen molar-refractivity contribution in [2.75, 3.05) is 32.1 Å². The van der Waals surface area contributed by atoms with Gasteiger partial charge in [-0.1, -0.05) is 0 Å². The molecule has 1 unspecified atom stereocenters. The van der Waals surface area contributed by atoms with Crippen molar-refractivity contribution in [3.63, 3.8) is 0 Å². The van der Waals surface area contributed by atoms with E-state index in [0.717, 1.165) is 25.1 Å². The standard InChI is InChI=1S/C23H24F3N7O2/c1-13(14-4-6-33(7-5-14)19(34)12-35-3)31-22-30-11-18(27-2)20(32-22)17-10-29-21-16(17)8-15(9-28-21)23(24,25)26/h8-11,13-14H,4-7,12H2,1,3H3,(H,28,29)(H,30,31,32). The summed E-state index contributed by atoms with van der Waals surface area (Å²) < 4.78 is 44.6. The first-order valence-electron chi connectivity index (χ1n) is 11.0. The monoisotopic (exact) mass is 487 g/mol. The topological polar surface area (TPSA) is 100 Å². The molecule has 3 aromatic heterocycles. The van der Waals surface area contributed by atoms with E-state index in [0.29, 0.717) is 18.7 Å². The number of carbonyl (C=O) groups excluding carboxylic acids is 1. The summed E-state index contributed by atoms with van der Waals surface area (Å²) in [5, 5.41) is 3.48. The Morgan fingerprint density at radius 3 is 2.74 bits per heavy atom. The molecule has 184 valence electrons. The maximum Gasteiger partial charge on any atom is 0.417 e. The molecule has 1 aliphatic rings. The molecule has 1 amide bonds. The van der Waals surface area contributed by atoms with Crippen molar-refractivity contribution in [1.82, 2.24) is 24.8 Å². The van der Waals surface area contributed by atoms with E-state index in [1.54, 1.807) is 4.90 Å². The number of aromatic nitrogens is 4. The van der Waals surface area contributed by atoms with E-state index in [1.165, 1.54) is 19.5 Å². The number of likely N-dealkylation sites (tertiary alicyclic amines) is 1. The van der Waals surface area contributed by atoms with Crippen LogP contribution < -0.4 is 5.32 Å². The third kappa shape index (κ3) is 5.19. The predicted molar refractivity (Wildman–Crippen MR) is 123 cm³/mol. The number of nitrogens with one attached hydrogen (secondary N) is 2. The van der Waals surface area contributed by atoms with Gasteiger partial charge in [-0.25, -0.2) is 19.8 Å². The van der Waals surface area contributed by atoms with Crippen LogP contribution in [0, 0.1) is 12.5 Å². The van der Waals surface area contributed by atoms with Crippen molar-refractivity contribution in [2.24, 2.45) is 5.92 Å². The van der Waals surface area contributed by atoms with Gasteiger partial charge in [0, 0.05) is 55.8 Å². The van der Waals surface area contributed by atoms with E-state index in [9.17, 15) is 18.0 Å². The number of H-pyrrole nitrogens is 1. The lowest BCUT2D eigenvalue weighted by Gasteiger charge is -2.35. The largest absolute Gasteiger partial charge is 0.417 e. The number of hydrogen-bond acceptors (Lipinski definition) is 6. The SMILES string of the molecule is [C-]#[N+]c1cnc(NC(C)C2CCN(C(=O)COC)CC2)nc1-c1c[nH]c2ncc(C(F)(F)F)cc12. The number of methoxy groups -OCH3 is 1. The second-order valence-electron chi connectivity index (χ2n) is 8.44. The second kappa shape index (κ2) is 9.87. The summed E-state index contributed by atoms with van der Waals surface area (Å²) in [6.07, 6.45) is 0.665. The van der Waals surface area contributed by atoms with Crippen LogP contribution in [0.4, 0.5) is 24.8 Å². The fourth-order valence-corrected chi connectivity index (χ4v) is 4.26. The number of anilines is 1. The van der Waals surface area contributed by atoms with E-state index in [1.807, 2.05) is 6.92 Å². The maximum absolute atomic E-state index is 13.2. The van der Waals surface area contributed by atoms with Gasteiger partial charge in [-0.15, -0.1) is 0 Å².